The van der Waals surface area contributed by atoms with E-state index in [0.717, 1.165) is 11.4 Å². The molecule has 0 saturated heterocycles. The molecule has 1 N–H and O–H groups in total. The molecule has 7 nitrogen and oxygen atoms in total. The van der Waals surface area contributed by atoms with Crippen LogP contribution >= 0.6 is 0 Å². The molecule has 0 aliphatic carbocycles. The lowest BCUT2D eigenvalue weighted by Crippen LogP contribution is -2.10. The molecule has 19 heavy (non-hydrogen) atoms. The summed E-state index contributed by atoms with van der Waals surface area (Å²) in [5.41, 5.74) is 0.810. The normalized spacial score (nSPS) is 13.0. The largest absolute Gasteiger partial charge is 0.454 e. The maximum absolute atomic E-state index is 5.47. The highest BCUT2D eigenvalue weighted by atomic mass is 16.7. The van der Waals surface area contributed by atoms with Crippen molar-refractivity contribution < 1.29 is 13.9 Å². The van der Waals surface area contributed by atoms with Crippen LogP contribution < -0.4 is 14.8 Å². The van der Waals surface area contributed by atoms with Gasteiger partial charge >= 0.3 is 6.01 Å². The Labute approximate surface area is 110 Å². The van der Waals surface area contributed by atoms with E-state index in [0.29, 0.717) is 24.2 Å². The average Bonchev–Trinajstić information content (AvgIpc) is 2.97. The molecule has 0 saturated carbocycles. The molecule has 2 aromatic rings. The van der Waals surface area contributed by atoms with Crippen LogP contribution in [0.2, 0.25) is 0 Å². The molecule has 0 fully saturated rings. The van der Waals surface area contributed by atoms with E-state index >= 15 is 0 Å². The molecule has 1 aliphatic heterocycles. The summed E-state index contributed by atoms with van der Waals surface area (Å²) in [6.45, 7) is 0.863. The number of rotatable bonds is 4. The topological polar surface area (TPSA) is 72.7 Å². The summed E-state index contributed by atoms with van der Waals surface area (Å²) < 4.78 is 16.0. The number of benzene rings is 1. The highest BCUT2D eigenvalue weighted by molar-refractivity contribution is 5.59. The quantitative estimate of drug-likeness (QED) is 0.897. The van der Waals surface area contributed by atoms with Gasteiger partial charge in [-0.1, -0.05) is 5.10 Å². The molecule has 0 bridgehead atoms. The smallest absolute Gasteiger partial charge is 0.320 e. The van der Waals surface area contributed by atoms with Crippen LogP contribution in [0.1, 0.15) is 5.89 Å². The van der Waals surface area contributed by atoms with E-state index in [1.165, 1.54) is 0 Å². The second-order valence-corrected chi connectivity index (χ2v) is 4.43. The summed E-state index contributed by atoms with van der Waals surface area (Å²) >= 11 is 0. The molecule has 2 heterocycles. The average molecular weight is 262 g/mol. The second-order valence-electron chi connectivity index (χ2n) is 4.43. The number of aromatic nitrogens is 2. The molecule has 0 spiro atoms. The minimum Gasteiger partial charge on any atom is -0.454 e. The van der Waals surface area contributed by atoms with Crippen molar-refractivity contribution in [2.24, 2.45) is 0 Å². The van der Waals surface area contributed by atoms with Crippen LogP contribution in [0.5, 0.6) is 11.5 Å². The molecule has 100 valence electrons. The van der Waals surface area contributed by atoms with E-state index in [9.17, 15) is 0 Å². The van der Waals surface area contributed by atoms with E-state index in [1.807, 2.05) is 37.2 Å². The molecule has 3 rings (SSSR count). The zero-order chi connectivity index (χ0) is 13.2. The van der Waals surface area contributed by atoms with Gasteiger partial charge in [0.25, 0.3) is 0 Å². The summed E-state index contributed by atoms with van der Waals surface area (Å²) in [6, 6.07) is 5.89. The molecule has 1 aliphatic rings. The predicted molar refractivity (Wildman–Crippen MR) is 67.5 cm³/mol. The standard InChI is InChI=1S/C12H14N4O3/c1-16(2)6-11-14-15-12(19-11)13-8-3-4-9-10(5-8)18-7-17-9/h3-5H,6-7H2,1-2H3,(H,13,15). The lowest BCUT2D eigenvalue weighted by Gasteiger charge is -2.04. The third-order valence-corrected chi connectivity index (χ3v) is 2.54. The molecule has 0 amide bonds. The molecule has 1 aromatic heterocycles. The third-order valence-electron chi connectivity index (χ3n) is 2.54. The molecule has 7 heteroatoms. The SMILES string of the molecule is CN(C)Cc1nnc(Nc2ccc3c(c2)OCO3)o1. The zero-order valence-electron chi connectivity index (χ0n) is 10.7. The van der Waals surface area contributed by atoms with Crippen LogP contribution in [-0.2, 0) is 6.54 Å². The Balaban J connectivity index is 1.72. The van der Waals surface area contributed by atoms with Gasteiger partial charge in [-0.05, 0) is 26.2 Å². The maximum Gasteiger partial charge on any atom is 0.320 e. The summed E-state index contributed by atoms with van der Waals surface area (Å²) in [7, 11) is 3.88. The van der Waals surface area contributed by atoms with E-state index in [2.05, 4.69) is 15.5 Å². The fourth-order valence-electron chi connectivity index (χ4n) is 1.74. The lowest BCUT2D eigenvalue weighted by atomic mass is 10.3. The second kappa shape index (κ2) is 4.77. The van der Waals surface area contributed by atoms with Gasteiger partial charge in [0.2, 0.25) is 12.7 Å². The van der Waals surface area contributed by atoms with Crippen LogP contribution in [0.4, 0.5) is 11.7 Å². The highest BCUT2D eigenvalue weighted by Crippen LogP contribution is 2.34. The minimum atomic E-state index is 0.256. The summed E-state index contributed by atoms with van der Waals surface area (Å²) in [5.74, 6) is 2.01. The van der Waals surface area contributed by atoms with E-state index in [1.54, 1.807) is 0 Å². The van der Waals surface area contributed by atoms with Gasteiger partial charge in [0.15, 0.2) is 11.5 Å². The molecule has 1 aromatic carbocycles. The first-order valence-electron chi connectivity index (χ1n) is 5.84. The summed E-state index contributed by atoms with van der Waals surface area (Å²) in [6.07, 6.45) is 0. The van der Waals surface area contributed by atoms with Gasteiger partial charge < -0.3 is 24.1 Å². The van der Waals surface area contributed by atoms with Gasteiger partial charge in [0.1, 0.15) is 0 Å². The Bertz CT molecular complexity index is 582. The number of ether oxygens (including phenoxy) is 2. The molecular weight excluding hydrogens is 248 g/mol. The Morgan fingerprint density at radius 2 is 2.05 bits per heavy atom. The van der Waals surface area contributed by atoms with Crippen molar-refractivity contribution >= 4 is 11.7 Å². The number of anilines is 2. The van der Waals surface area contributed by atoms with Crippen LogP contribution in [0, 0.1) is 0 Å². The van der Waals surface area contributed by atoms with E-state index in [4.69, 9.17) is 13.9 Å². The van der Waals surface area contributed by atoms with Crippen molar-refractivity contribution in [2.45, 2.75) is 6.54 Å². The van der Waals surface area contributed by atoms with Crippen molar-refractivity contribution in [3.63, 3.8) is 0 Å². The van der Waals surface area contributed by atoms with Crippen LogP contribution in [0.25, 0.3) is 0 Å². The van der Waals surface area contributed by atoms with Gasteiger partial charge in [-0.3, -0.25) is 0 Å². The molecule has 0 atom stereocenters. The minimum absolute atomic E-state index is 0.256. The van der Waals surface area contributed by atoms with Gasteiger partial charge in [-0.15, -0.1) is 5.10 Å². The van der Waals surface area contributed by atoms with Gasteiger partial charge in [0.05, 0.1) is 6.54 Å². The fourth-order valence-corrected chi connectivity index (χ4v) is 1.74. The van der Waals surface area contributed by atoms with E-state index in [-0.39, 0.29) is 6.79 Å². The predicted octanol–water partition coefficient (Wildman–Crippen LogP) is 1.60. The van der Waals surface area contributed by atoms with Gasteiger partial charge in [0, 0.05) is 11.8 Å². The van der Waals surface area contributed by atoms with Crippen LogP contribution in [-0.4, -0.2) is 36.0 Å². The maximum atomic E-state index is 5.47. The number of fused-ring (bicyclic) bond motifs is 1. The number of hydrogen-bond acceptors (Lipinski definition) is 7. The Kier molecular flexibility index (Phi) is 2.96. The summed E-state index contributed by atoms with van der Waals surface area (Å²) in [5, 5.41) is 10.9. The number of hydrogen-bond donors (Lipinski definition) is 1. The number of nitrogens with zero attached hydrogens (tertiary/aromatic N) is 3. The van der Waals surface area contributed by atoms with Crippen LogP contribution in [0.3, 0.4) is 0 Å². The van der Waals surface area contributed by atoms with Crippen molar-refractivity contribution in [1.29, 1.82) is 0 Å². The molecule has 0 radical (unpaired) electrons. The highest BCUT2D eigenvalue weighted by Gasteiger charge is 2.14. The van der Waals surface area contributed by atoms with Crippen molar-refractivity contribution in [1.82, 2.24) is 15.1 Å². The van der Waals surface area contributed by atoms with Crippen molar-refractivity contribution in [3.8, 4) is 11.5 Å². The first-order valence-corrected chi connectivity index (χ1v) is 5.84. The van der Waals surface area contributed by atoms with Crippen molar-refractivity contribution in [2.75, 3.05) is 26.2 Å². The number of nitrogens with one attached hydrogen (secondary N) is 1. The monoisotopic (exact) mass is 262 g/mol. The van der Waals surface area contributed by atoms with Crippen molar-refractivity contribution in [3.05, 3.63) is 24.1 Å². The van der Waals surface area contributed by atoms with Gasteiger partial charge in [-0.2, -0.15) is 0 Å². The molecular formula is C12H14N4O3. The van der Waals surface area contributed by atoms with Crippen LogP contribution in [0.15, 0.2) is 22.6 Å². The Hall–Kier alpha value is -2.28. The zero-order valence-corrected chi connectivity index (χ0v) is 10.7. The molecule has 0 unspecified atom stereocenters. The third kappa shape index (κ3) is 2.60. The Morgan fingerprint density at radius 3 is 2.89 bits per heavy atom. The Morgan fingerprint density at radius 1 is 1.21 bits per heavy atom. The first-order chi connectivity index (χ1) is 9.20. The summed E-state index contributed by atoms with van der Waals surface area (Å²) in [4.78, 5) is 1.96. The van der Waals surface area contributed by atoms with E-state index < -0.39 is 0 Å². The van der Waals surface area contributed by atoms with Gasteiger partial charge in [-0.25, -0.2) is 0 Å². The first kappa shape index (κ1) is 11.8. The lowest BCUT2D eigenvalue weighted by molar-refractivity contribution is 0.174. The fraction of sp³-hybridized carbons (Fsp3) is 0.333.